The molecule has 0 bridgehead atoms. The van der Waals surface area contributed by atoms with E-state index >= 15 is 0 Å². The lowest BCUT2D eigenvalue weighted by molar-refractivity contribution is 0.170. The Balaban J connectivity index is 1.62. The van der Waals surface area contributed by atoms with E-state index in [0.717, 1.165) is 47.8 Å². The van der Waals surface area contributed by atoms with E-state index in [2.05, 4.69) is 34.5 Å². The fourth-order valence-corrected chi connectivity index (χ4v) is 4.79. The first kappa shape index (κ1) is 17.1. The molecule has 2 fully saturated rings. The van der Waals surface area contributed by atoms with Crippen LogP contribution < -0.4 is 10.6 Å². The van der Waals surface area contributed by atoms with Gasteiger partial charge in [0.2, 0.25) is 0 Å². The SMILES string of the molecule is NC1(CO)CCN(c2nc(C3CC3)nc3scc(-c4ccccc4)c23)CC1. The lowest BCUT2D eigenvalue weighted by Gasteiger charge is -2.38. The standard InChI is InChI=1S/C21H24N4OS/c22-21(13-26)8-10-25(11-9-21)19-17-16(14-4-2-1-3-5-14)12-27-20(17)24-18(23-19)15-6-7-15/h1-5,12,15,26H,6-11,13,22H2. The molecule has 1 aromatic carbocycles. The van der Waals surface area contributed by atoms with E-state index in [9.17, 15) is 5.11 Å². The fourth-order valence-electron chi connectivity index (χ4n) is 3.84. The molecule has 5 rings (SSSR count). The lowest BCUT2D eigenvalue weighted by atomic mass is 9.89. The number of thiophene rings is 1. The average molecular weight is 381 g/mol. The van der Waals surface area contributed by atoms with Gasteiger partial charge in [0.25, 0.3) is 0 Å². The number of benzene rings is 1. The second-order valence-corrected chi connectivity index (χ2v) is 8.74. The molecule has 1 aliphatic carbocycles. The van der Waals surface area contributed by atoms with E-state index in [-0.39, 0.29) is 6.61 Å². The molecule has 2 aromatic heterocycles. The van der Waals surface area contributed by atoms with Gasteiger partial charge in [-0.05, 0) is 31.2 Å². The highest BCUT2D eigenvalue weighted by Gasteiger charge is 2.33. The second-order valence-electron chi connectivity index (χ2n) is 7.88. The minimum absolute atomic E-state index is 0.0427. The highest BCUT2D eigenvalue weighted by Crippen LogP contribution is 2.44. The van der Waals surface area contributed by atoms with E-state index < -0.39 is 5.54 Å². The summed E-state index contributed by atoms with van der Waals surface area (Å²) in [6.45, 7) is 1.68. The molecule has 1 aliphatic heterocycles. The predicted molar refractivity (Wildman–Crippen MR) is 110 cm³/mol. The maximum atomic E-state index is 9.60. The Morgan fingerprint density at radius 2 is 1.89 bits per heavy atom. The van der Waals surface area contributed by atoms with Gasteiger partial charge in [0.15, 0.2) is 0 Å². The molecule has 3 N–H and O–H groups in total. The number of nitrogens with two attached hydrogens (primary N) is 1. The first-order valence-corrected chi connectivity index (χ1v) is 10.5. The van der Waals surface area contributed by atoms with Gasteiger partial charge in [-0.3, -0.25) is 0 Å². The molecular formula is C21H24N4OS. The normalized spacial score (nSPS) is 19.6. The highest BCUT2D eigenvalue weighted by atomic mass is 32.1. The molecule has 0 unspecified atom stereocenters. The van der Waals surface area contributed by atoms with Crippen molar-refractivity contribution < 1.29 is 5.11 Å². The monoisotopic (exact) mass is 380 g/mol. The van der Waals surface area contributed by atoms with Crippen LogP contribution in [0.5, 0.6) is 0 Å². The van der Waals surface area contributed by atoms with Crippen LogP contribution in [0.3, 0.4) is 0 Å². The van der Waals surface area contributed by atoms with Gasteiger partial charge >= 0.3 is 0 Å². The van der Waals surface area contributed by atoms with Crippen molar-refractivity contribution in [1.29, 1.82) is 0 Å². The van der Waals surface area contributed by atoms with Crippen molar-refractivity contribution in [3.05, 3.63) is 41.5 Å². The Morgan fingerprint density at radius 1 is 1.15 bits per heavy atom. The summed E-state index contributed by atoms with van der Waals surface area (Å²) in [6, 6.07) is 10.5. The maximum absolute atomic E-state index is 9.60. The Bertz CT molecular complexity index is 959. The van der Waals surface area contributed by atoms with Gasteiger partial charge in [0.1, 0.15) is 16.5 Å². The Labute approximate surface area is 162 Å². The molecule has 0 amide bonds. The maximum Gasteiger partial charge on any atom is 0.141 e. The molecule has 1 saturated carbocycles. The zero-order valence-electron chi connectivity index (χ0n) is 15.3. The summed E-state index contributed by atoms with van der Waals surface area (Å²) >= 11 is 1.71. The third-order valence-electron chi connectivity index (χ3n) is 5.83. The third-order valence-corrected chi connectivity index (χ3v) is 6.70. The van der Waals surface area contributed by atoms with Gasteiger partial charge in [-0.2, -0.15) is 0 Å². The minimum atomic E-state index is -0.459. The molecular weight excluding hydrogens is 356 g/mol. The smallest absolute Gasteiger partial charge is 0.141 e. The summed E-state index contributed by atoms with van der Waals surface area (Å²) in [5.74, 6) is 2.55. The number of nitrogens with zero attached hydrogens (tertiary/aromatic N) is 3. The number of hydrogen-bond acceptors (Lipinski definition) is 6. The number of rotatable bonds is 4. The molecule has 3 heterocycles. The number of hydrogen-bond donors (Lipinski definition) is 2. The van der Waals surface area contributed by atoms with E-state index in [1.54, 1.807) is 11.3 Å². The van der Waals surface area contributed by atoms with Crippen molar-refractivity contribution in [3.63, 3.8) is 0 Å². The summed E-state index contributed by atoms with van der Waals surface area (Å²) in [7, 11) is 0. The highest BCUT2D eigenvalue weighted by molar-refractivity contribution is 7.17. The zero-order chi connectivity index (χ0) is 18.4. The quantitative estimate of drug-likeness (QED) is 0.724. The number of fused-ring (bicyclic) bond motifs is 1. The molecule has 140 valence electrons. The van der Waals surface area contributed by atoms with Gasteiger partial charge in [-0.25, -0.2) is 9.97 Å². The van der Waals surface area contributed by atoms with Crippen LogP contribution in [-0.2, 0) is 0 Å². The predicted octanol–water partition coefficient (Wildman–Crippen LogP) is 3.53. The van der Waals surface area contributed by atoms with Crippen molar-refractivity contribution in [2.24, 2.45) is 5.73 Å². The second kappa shape index (κ2) is 6.55. The number of piperidine rings is 1. The van der Waals surface area contributed by atoms with Crippen LogP contribution in [0.25, 0.3) is 21.3 Å². The van der Waals surface area contributed by atoms with E-state index in [4.69, 9.17) is 15.7 Å². The summed E-state index contributed by atoms with van der Waals surface area (Å²) in [4.78, 5) is 13.4. The Morgan fingerprint density at radius 3 is 2.56 bits per heavy atom. The Kier molecular flexibility index (Phi) is 4.15. The first-order chi connectivity index (χ1) is 13.2. The fraction of sp³-hybridized carbons (Fsp3) is 0.429. The average Bonchev–Trinajstić information content (AvgIpc) is 3.48. The molecule has 0 spiro atoms. The number of anilines is 1. The van der Waals surface area contributed by atoms with Gasteiger partial charge < -0.3 is 15.7 Å². The molecule has 6 heteroatoms. The molecule has 3 aromatic rings. The lowest BCUT2D eigenvalue weighted by Crippen LogP contribution is -2.53. The van der Waals surface area contributed by atoms with Crippen molar-refractivity contribution in [1.82, 2.24) is 9.97 Å². The number of aliphatic hydroxyl groups is 1. The topological polar surface area (TPSA) is 75.3 Å². The number of aromatic nitrogens is 2. The van der Waals surface area contributed by atoms with Crippen LogP contribution in [0.15, 0.2) is 35.7 Å². The van der Waals surface area contributed by atoms with Crippen LogP contribution in [-0.4, -0.2) is 40.3 Å². The number of aliphatic hydroxyl groups excluding tert-OH is 1. The molecule has 5 nitrogen and oxygen atoms in total. The van der Waals surface area contributed by atoms with Crippen molar-refractivity contribution in [2.45, 2.75) is 37.1 Å². The van der Waals surface area contributed by atoms with Crippen LogP contribution in [0.1, 0.15) is 37.4 Å². The molecule has 0 atom stereocenters. The summed E-state index contributed by atoms with van der Waals surface area (Å²) in [5.41, 5.74) is 8.24. The molecule has 2 aliphatic rings. The molecule has 0 radical (unpaired) electrons. The summed E-state index contributed by atoms with van der Waals surface area (Å²) in [5, 5.41) is 13.0. The van der Waals surface area contributed by atoms with Gasteiger partial charge in [0.05, 0.1) is 12.0 Å². The Hall–Kier alpha value is -2.02. The van der Waals surface area contributed by atoms with Gasteiger partial charge in [0, 0.05) is 35.5 Å². The van der Waals surface area contributed by atoms with Crippen LogP contribution in [0.4, 0.5) is 5.82 Å². The van der Waals surface area contributed by atoms with Crippen LogP contribution in [0, 0.1) is 0 Å². The van der Waals surface area contributed by atoms with E-state index in [1.165, 1.54) is 24.0 Å². The largest absolute Gasteiger partial charge is 0.394 e. The van der Waals surface area contributed by atoms with Crippen molar-refractivity contribution in [2.75, 3.05) is 24.6 Å². The van der Waals surface area contributed by atoms with Crippen LogP contribution in [0.2, 0.25) is 0 Å². The van der Waals surface area contributed by atoms with Crippen molar-refractivity contribution >= 4 is 27.4 Å². The van der Waals surface area contributed by atoms with Crippen LogP contribution >= 0.6 is 11.3 Å². The van der Waals surface area contributed by atoms with E-state index in [0.29, 0.717) is 5.92 Å². The van der Waals surface area contributed by atoms with Gasteiger partial charge in [-0.15, -0.1) is 11.3 Å². The zero-order valence-corrected chi connectivity index (χ0v) is 16.1. The summed E-state index contributed by atoms with van der Waals surface area (Å²) in [6.07, 6.45) is 3.94. The summed E-state index contributed by atoms with van der Waals surface area (Å²) < 4.78 is 0. The first-order valence-electron chi connectivity index (χ1n) is 9.66. The van der Waals surface area contributed by atoms with Crippen molar-refractivity contribution in [3.8, 4) is 11.1 Å². The van der Waals surface area contributed by atoms with Gasteiger partial charge in [-0.1, -0.05) is 30.3 Å². The van der Waals surface area contributed by atoms with E-state index in [1.807, 2.05) is 6.07 Å². The molecule has 1 saturated heterocycles. The third kappa shape index (κ3) is 3.12. The molecule has 27 heavy (non-hydrogen) atoms. The minimum Gasteiger partial charge on any atom is -0.394 e.